The van der Waals surface area contributed by atoms with Crippen LogP contribution >= 0.6 is 0 Å². The summed E-state index contributed by atoms with van der Waals surface area (Å²) in [4.78, 5) is 2.37. The number of rotatable bonds is 1. The molecule has 2 heterocycles. The van der Waals surface area contributed by atoms with E-state index >= 15 is 0 Å². The number of fused-ring (bicyclic) bond motifs is 1. The average Bonchev–Trinajstić information content (AvgIpc) is 2.49. The molecule has 0 aromatic rings. The van der Waals surface area contributed by atoms with Crippen molar-refractivity contribution in [1.82, 2.24) is 4.90 Å². The molecular formula is C10H15NO. The Hall–Kier alpha value is -0.760. The smallest absolute Gasteiger partial charge is 0.0664 e. The van der Waals surface area contributed by atoms with Gasteiger partial charge in [0, 0.05) is 18.8 Å². The first-order valence-electron chi connectivity index (χ1n) is 4.56. The maximum atomic E-state index is 9.07. The third-order valence-corrected chi connectivity index (χ3v) is 2.78. The van der Waals surface area contributed by atoms with E-state index in [4.69, 9.17) is 5.11 Å². The van der Waals surface area contributed by atoms with Gasteiger partial charge in [-0.3, -0.25) is 0 Å². The fraction of sp³-hybridized carbons (Fsp3) is 0.600. The van der Waals surface area contributed by atoms with Crippen LogP contribution in [-0.4, -0.2) is 29.7 Å². The molecule has 0 aromatic heterocycles. The number of allylic oxidation sites excluding steroid dienone is 3. The van der Waals surface area contributed by atoms with Gasteiger partial charge in [-0.2, -0.15) is 0 Å². The average molecular weight is 165 g/mol. The Morgan fingerprint density at radius 1 is 1.58 bits per heavy atom. The SMILES string of the molecule is CC1=C(CO)CN2CCCC2=C1. The van der Waals surface area contributed by atoms with Crippen molar-refractivity contribution < 1.29 is 5.11 Å². The van der Waals surface area contributed by atoms with Gasteiger partial charge in [0.05, 0.1) is 6.61 Å². The third kappa shape index (κ3) is 1.16. The Labute approximate surface area is 73.2 Å². The van der Waals surface area contributed by atoms with Gasteiger partial charge in [-0.25, -0.2) is 0 Å². The molecule has 2 heteroatoms. The van der Waals surface area contributed by atoms with E-state index in [0.717, 1.165) is 6.54 Å². The van der Waals surface area contributed by atoms with E-state index in [1.807, 2.05) is 0 Å². The van der Waals surface area contributed by atoms with Gasteiger partial charge in [-0.05, 0) is 37.0 Å². The molecule has 12 heavy (non-hydrogen) atoms. The molecule has 0 bridgehead atoms. The van der Waals surface area contributed by atoms with Crippen molar-refractivity contribution in [2.75, 3.05) is 19.7 Å². The minimum absolute atomic E-state index is 0.214. The van der Waals surface area contributed by atoms with Crippen LogP contribution in [-0.2, 0) is 0 Å². The van der Waals surface area contributed by atoms with Crippen molar-refractivity contribution >= 4 is 0 Å². The molecular weight excluding hydrogens is 150 g/mol. The van der Waals surface area contributed by atoms with Crippen LogP contribution in [0.4, 0.5) is 0 Å². The molecule has 0 unspecified atom stereocenters. The monoisotopic (exact) mass is 165 g/mol. The van der Waals surface area contributed by atoms with Crippen LogP contribution in [0.15, 0.2) is 22.9 Å². The van der Waals surface area contributed by atoms with Crippen molar-refractivity contribution in [3.05, 3.63) is 22.9 Å². The van der Waals surface area contributed by atoms with Crippen LogP contribution in [0.25, 0.3) is 0 Å². The maximum Gasteiger partial charge on any atom is 0.0664 e. The molecule has 2 nitrogen and oxygen atoms in total. The standard InChI is InChI=1S/C10H15NO/c1-8-5-10-3-2-4-11(10)6-9(8)7-12/h5,12H,2-4,6-7H2,1H3. The van der Waals surface area contributed by atoms with E-state index in [9.17, 15) is 0 Å². The van der Waals surface area contributed by atoms with E-state index in [2.05, 4.69) is 17.9 Å². The molecule has 0 aliphatic carbocycles. The first-order valence-corrected chi connectivity index (χ1v) is 4.56. The molecule has 0 aromatic carbocycles. The Kier molecular flexibility index (Phi) is 1.93. The number of aliphatic hydroxyl groups is 1. The first kappa shape index (κ1) is 7.87. The lowest BCUT2D eigenvalue weighted by Crippen LogP contribution is -2.25. The highest BCUT2D eigenvalue weighted by molar-refractivity contribution is 5.33. The highest BCUT2D eigenvalue weighted by atomic mass is 16.3. The lowest BCUT2D eigenvalue weighted by molar-refractivity contribution is 0.306. The summed E-state index contributed by atoms with van der Waals surface area (Å²) < 4.78 is 0. The maximum absolute atomic E-state index is 9.07. The summed E-state index contributed by atoms with van der Waals surface area (Å²) in [6.07, 6.45) is 4.72. The number of nitrogens with zero attached hydrogens (tertiary/aromatic N) is 1. The molecule has 0 radical (unpaired) electrons. The number of hydrogen-bond donors (Lipinski definition) is 1. The summed E-state index contributed by atoms with van der Waals surface area (Å²) >= 11 is 0. The van der Waals surface area contributed by atoms with Crippen molar-refractivity contribution in [2.45, 2.75) is 19.8 Å². The topological polar surface area (TPSA) is 23.5 Å². The lowest BCUT2D eigenvalue weighted by atomic mass is 10.0. The van der Waals surface area contributed by atoms with E-state index in [-0.39, 0.29) is 6.61 Å². The van der Waals surface area contributed by atoms with Gasteiger partial charge in [0.25, 0.3) is 0 Å². The summed E-state index contributed by atoms with van der Waals surface area (Å²) in [6, 6.07) is 0. The summed E-state index contributed by atoms with van der Waals surface area (Å²) in [5.74, 6) is 0. The molecule has 2 rings (SSSR count). The molecule has 66 valence electrons. The van der Waals surface area contributed by atoms with Crippen LogP contribution < -0.4 is 0 Å². The second-order valence-electron chi connectivity index (χ2n) is 3.61. The normalized spacial score (nSPS) is 22.8. The van der Waals surface area contributed by atoms with Gasteiger partial charge < -0.3 is 10.0 Å². The zero-order valence-electron chi connectivity index (χ0n) is 7.51. The summed E-state index contributed by atoms with van der Waals surface area (Å²) in [5, 5.41) is 9.07. The van der Waals surface area contributed by atoms with E-state index in [1.165, 1.54) is 36.2 Å². The van der Waals surface area contributed by atoms with E-state index in [1.54, 1.807) is 0 Å². The Bertz CT molecular complexity index is 253. The predicted octanol–water partition coefficient (Wildman–Crippen LogP) is 1.29. The van der Waals surface area contributed by atoms with Crippen LogP contribution in [0.2, 0.25) is 0 Å². The highest BCUT2D eigenvalue weighted by Gasteiger charge is 2.21. The predicted molar refractivity (Wildman–Crippen MR) is 48.7 cm³/mol. The van der Waals surface area contributed by atoms with Gasteiger partial charge in [-0.15, -0.1) is 0 Å². The highest BCUT2D eigenvalue weighted by Crippen LogP contribution is 2.28. The fourth-order valence-corrected chi connectivity index (χ4v) is 1.98. The third-order valence-electron chi connectivity index (χ3n) is 2.78. The number of hydrogen-bond acceptors (Lipinski definition) is 2. The molecule has 0 spiro atoms. The van der Waals surface area contributed by atoms with Gasteiger partial charge in [0.15, 0.2) is 0 Å². The summed E-state index contributed by atoms with van der Waals surface area (Å²) in [5.41, 5.74) is 3.91. The zero-order valence-corrected chi connectivity index (χ0v) is 7.51. The second-order valence-corrected chi connectivity index (χ2v) is 3.61. The van der Waals surface area contributed by atoms with Crippen LogP contribution in [0.5, 0.6) is 0 Å². The van der Waals surface area contributed by atoms with E-state index < -0.39 is 0 Å². The molecule has 1 N–H and O–H groups in total. The molecule has 0 amide bonds. The summed E-state index contributed by atoms with van der Waals surface area (Å²) in [6.45, 7) is 4.43. The quantitative estimate of drug-likeness (QED) is 0.633. The fourth-order valence-electron chi connectivity index (χ4n) is 1.98. The zero-order chi connectivity index (χ0) is 8.55. The molecule has 2 aliphatic heterocycles. The van der Waals surface area contributed by atoms with Crippen molar-refractivity contribution in [2.24, 2.45) is 0 Å². The second kappa shape index (κ2) is 2.94. The summed E-state index contributed by atoms with van der Waals surface area (Å²) in [7, 11) is 0. The molecule has 2 aliphatic rings. The molecule has 0 atom stereocenters. The number of aliphatic hydroxyl groups excluding tert-OH is 1. The van der Waals surface area contributed by atoms with Crippen molar-refractivity contribution in [3.8, 4) is 0 Å². The Morgan fingerprint density at radius 3 is 3.17 bits per heavy atom. The van der Waals surface area contributed by atoms with Crippen LogP contribution in [0.1, 0.15) is 19.8 Å². The van der Waals surface area contributed by atoms with Crippen LogP contribution in [0, 0.1) is 0 Å². The Balaban J connectivity index is 2.25. The Morgan fingerprint density at radius 2 is 2.42 bits per heavy atom. The first-order chi connectivity index (χ1) is 5.81. The van der Waals surface area contributed by atoms with Crippen molar-refractivity contribution in [1.29, 1.82) is 0 Å². The molecule has 1 saturated heterocycles. The lowest BCUT2D eigenvalue weighted by Gasteiger charge is -2.26. The van der Waals surface area contributed by atoms with Gasteiger partial charge in [-0.1, -0.05) is 0 Å². The van der Waals surface area contributed by atoms with E-state index in [0.29, 0.717) is 0 Å². The molecule has 1 fully saturated rings. The van der Waals surface area contributed by atoms with Gasteiger partial charge in [0.2, 0.25) is 0 Å². The molecule has 0 saturated carbocycles. The minimum atomic E-state index is 0.214. The van der Waals surface area contributed by atoms with Gasteiger partial charge in [0.1, 0.15) is 0 Å². The van der Waals surface area contributed by atoms with Gasteiger partial charge >= 0.3 is 0 Å². The largest absolute Gasteiger partial charge is 0.392 e. The van der Waals surface area contributed by atoms with Crippen LogP contribution in [0.3, 0.4) is 0 Å². The minimum Gasteiger partial charge on any atom is -0.392 e. The van der Waals surface area contributed by atoms with Crippen molar-refractivity contribution in [3.63, 3.8) is 0 Å².